The van der Waals surface area contributed by atoms with E-state index < -0.39 is 12.1 Å². The van der Waals surface area contributed by atoms with Gasteiger partial charge in [0.15, 0.2) is 0 Å². The molecule has 40 heavy (non-hydrogen) atoms. The topological polar surface area (TPSA) is 103 Å². The van der Waals surface area contributed by atoms with Crippen molar-refractivity contribution < 1.29 is 22.7 Å². The number of hydrogen-bond acceptors (Lipinski definition) is 6. The number of hydrogen-bond donors (Lipinski definition) is 2. The lowest BCUT2D eigenvalue weighted by atomic mass is 9.96. The molecule has 0 saturated carbocycles. The van der Waals surface area contributed by atoms with Crippen LogP contribution in [0.3, 0.4) is 0 Å². The van der Waals surface area contributed by atoms with E-state index in [4.69, 9.17) is 5.26 Å². The van der Waals surface area contributed by atoms with Crippen LogP contribution in [0, 0.1) is 18.3 Å². The second-order valence-electron chi connectivity index (χ2n) is 8.96. The van der Waals surface area contributed by atoms with E-state index in [0.717, 1.165) is 5.56 Å². The molecule has 2 heterocycles. The molecule has 1 fully saturated rings. The number of urea groups is 1. The van der Waals surface area contributed by atoms with Gasteiger partial charge in [-0.15, -0.1) is 35.8 Å². The fourth-order valence-corrected chi connectivity index (χ4v) is 4.60. The van der Waals surface area contributed by atoms with Crippen LogP contribution in [0.4, 0.5) is 23.7 Å². The summed E-state index contributed by atoms with van der Waals surface area (Å²) in [6.45, 7) is 3.77. The van der Waals surface area contributed by atoms with Crippen LogP contribution in [0.1, 0.15) is 11.1 Å². The number of amides is 2. The number of piperazine rings is 1. The van der Waals surface area contributed by atoms with Crippen molar-refractivity contribution in [2.24, 2.45) is 0 Å². The Hall–Kier alpha value is -4.40. The van der Waals surface area contributed by atoms with Crippen molar-refractivity contribution in [3.8, 4) is 34.3 Å². The zero-order valence-corrected chi connectivity index (χ0v) is 22.1. The molecular weight excluding hydrogens is 545 g/mol. The van der Waals surface area contributed by atoms with E-state index >= 15 is 0 Å². The predicted molar refractivity (Wildman–Crippen MR) is 147 cm³/mol. The summed E-state index contributed by atoms with van der Waals surface area (Å²) in [5.74, 6) is -0.403. The van der Waals surface area contributed by atoms with Gasteiger partial charge in [0.1, 0.15) is 17.1 Å². The zero-order valence-electron chi connectivity index (χ0n) is 21.2. The maximum atomic E-state index is 13.2. The minimum absolute atomic E-state index is 0. The van der Waals surface area contributed by atoms with Gasteiger partial charge in [-0.2, -0.15) is 5.26 Å². The molecule has 0 bridgehead atoms. The van der Waals surface area contributed by atoms with Crippen molar-refractivity contribution in [3.63, 3.8) is 0 Å². The summed E-state index contributed by atoms with van der Waals surface area (Å²) in [5, 5.41) is 25.4. The van der Waals surface area contributed by atoms with Gasteiger partial charge in [-0.05, 0) is 31.2 Å². The molecule has 2 N–H and O–H groups in total. The van der Waals surface area contributed by atoms with Gasteiger partial charge in [0.2, 0.25) is 0 Å². The SMILES string of the molecule is Cc1c(OC(F)(F)F)ccc(NC(=O)N2CCNCC2)c1-c1nnc(-c2ccc(C#N)cc2)c2ccccc12.Cl. The lowest BCUT2D eigenvalue weighted by molar-refractivity contribution is -0.274. The Labute approximate surface area is 234 Å². The maximum Gasteiger partial charge on any atom is 0.573 e. The number of nitrogens with zero attached hydrogens (tertiary/aromatic N) is 4. The average molecular weight is 569 g/mol. The van der Waals surface area contributed by atoms with Gasteiger partial charge in [-0.25, -0.2) is 4.79 Å². The minimum Gasteiger partial charge on any atom is -0.405 e. The van der Waals surface area contributed by atoms with E-state index in [2.05, 4.69) is 31.6 Å². The van der Waals surface area contributed by atoms with Gasteiger partial charge in [-0.3, -0.25) is 0 Å². The summed E-state index contributed by atoms with van der Waals surface area (Å²) in [6.07, 6.45) is -4.90. The fraction of sp³-hybridized carbons (Fsp3) is 0.214. The summed E-state index contributed by atoms with van der Waals surface area (Å²) in [5.41, 5.74) is 2.77. The number of anilines is 1. The van der Waals surface area contributed by atoms with Crippen LogP contribution in [0.25, 0.3) is 33.3 Å². The molecule has 3 aromatic carbocycles. The number of ether oxygens (including phenoxy) is 1. The molecule has 206 valence electrons. The van der Waals surface area contributed by atoms with Gasteiger partial charge < -0.3 is 20.3 Å². The van der Waals surface area contributed by atoms with Gasteiger partial charge in [0.25, 0.3) is 0 Å². The quantitative estimate of drug-likeness (QED) is 0.318. The van der Waals surface area contributed by atoms with Crippen molar-refractivity contribution in [1.29, 1.82) is 5.26 Å². The molecule has 1 aliphatic heterocycles. The Balaban J connectivity index is 0.00000370. The first-order valence-electron chi connectivity index (χ1n) is 12.2. The monoisotopic (exact) mass is 568 g/mol. The van der Waals surface area contributed by atoms with Crippen LogP contribution in [0.15, 0.2) is 60.7 Å². The number of nitrogens with one attached hydrogen (secondary N) is 2. The first-order valence-corrected chi connectivity index (χ1v) is 12.2. The van der Waals surface area contributed by atoms with Gasteiger partial charge in [0.05, 0.1) is 17.3 Å². The van der Waals surface area contributed by atoms with E-state index in [9.17, 15) is 18.0 Å². The van der Waals surface area contributed by atoms with Crippen LogP contribution < -0.4 is 15.4 Å². The Morgan fingerprint density at radius 3 is 2.25 bits per heavy atom. The number of alkyl halides is 3. The van der Waals surface area contributed by atoms with Crippen LogP contribution in [-0.2, 0) is 0 Å². The lowest BCUT2D eigenvalue weighted by Gasteiger charge is -2.28. The Bertz CT molecular complexity index is 1580. The summed E-state index contributed by atoms with van der Waals surface area (Å²) >= 11 is 0. The second kappa shape index (κ2) is 11.8. The highest BCUT2D eigenvalue weighted by Crippen LogP contribution is 2.41. The van der Waals surface area contributed by atoms with E-state index in [0.29, 0.717) is 53.9 Å². The predicted octanol–water partition coefficient (Wildman–Crippen LogP) is 5.90. The van der Waals surface area contributed by atoms with Gasteiger partial charge in [-0.1, -0.05) is 36.4 Å². The number of benzene rings is 3. The fourth-order valence-electron chi connectivity index (χ4n) is 4.60. The van der Waals surface area contributed by atoms with Crippen molar-refractivity contribution in [1.82, 2.24) is 20.4 Å². The van der Waals surface area contributed by atoms with Crippen LogP contribution >= 0.6 is 12.4 Å². The van der Waals surface area contributed by atoms with E-state index in [1.54, 1.807) is 41.3 Å². The molecule has 4 aromatic rings. The normalized spacial score (nSPS) is 13.3. The number of rotatable bonds is 4. The molecule has 8 nitrogen and oxygen atoms in total. The van der Waals surface area contributed by atoms with E-state index in [1.807, 2.05) is 12.1 Å². The molecular formula is C28H24ClF3N6O2. The third kappa shape index (κ3) is 5.93. The highest BCUT2D eigenvalue weighted by molar-refractivity contribution is 6.05. The number of carbonyl (C=O) groups is 1. The summed E-state index contributed by atoms with van der Waals surface area (Å²) in [7, 11) is 0. The molecule has 2 amide bonds. The largest absolute Gasteiger partial charge is 0.573 e. The van der Waals surface area contributed by atoms with Gasteiger partial charge in [0, 0.05) is 53.6 Å². The smallest absolute Gasteiger partial charge is 0.405 e. The molecule has 1 aliphatic rings. The van der Waals surface area contributed by atoms with Crippen molar-refractivity contribution in [3.05, 3.63) is 71.8 Å². The number of carbonyl (C=O) groups excluding carboxylic acids is 1. The van der Waals surface area contributed by atoms with Gasteiger partial charge >= 0.3 is 12.4 Å². The number of halogens is 4. The Morgan fingerprint density at radius 1 is 1.00 bits per heavy atom. The Kier molecular flexibility index (Phi) is 8.42. The van der Waals surface area contributed by atoms with Crippen molar-refractivity contribution in [2.75, 3.05) is 31.5 Å². The third-order valence-electron chi connectivity index (χ3n) is 6.50. The lowest BCUT2D eigenvalue weighted by Crippen LogP contribution is -2.48. The molecule has 0 aliphatic carbocycles. The highest BCUT2D eigenvalue weighted by Gasteiger charge is 2.33. The first kappa shape index (κ1) is 28.6. The molecule has 5 rings (SSSR count). The van der Waals surface area contributed by atoms with E-state index in [1.165, 1.54) is 19.1 Å². The minimum atomic E-state index is -4.90. The average Bonchev–Trinajstić information content (AvgIpc) is 2.94. The van der Waals surface area contributed by atoms with Crippen LogP contribution in [0.5, 0.6) is 5.75 Å². The van der Waals surface area contributed by atoms with Crippen LogP contribution in [0.2, 0.25) is 0 Å². The number of fused-ring (bicyclic) bond motifs is 1. The summed E-state index contributed by atoms with van der Waals surface area (Å²) < 4.78 is 43.9. The van der Waals surface area contributed by atoms with Crippen LogP contribution in [-0.4, -0.2) is 53.7 Å². The number of nitriles is 1. The van der Waals surface area contributed by atoms with Crippen molar-refractivity contribution in [2.45, 2.75) is 13.3 Å². The molecule has 1 aromatic heterocycles. The molecule has 12 heteroatoms. The summed E-state index contributed by atoms with van der Waals surface area (Å²) in [4.78, 5) is 14.7. The molecule has 0 unspecified atom stereocenters. The molecule has 0 spiro atoms. The van der Waals surface area contributed by atoms with Crippen molar-refractivity contribution >= 4 is 34.9 Å². The Morgan fingerprint density at radius 2 is 1.62 bits per heavy atom. The second-order valence-corrected chi connectivity index (χ2v) is 8.96. The standard InChI is InChI=1S/C28H23F3N6O2.ClH/c1-17-23(39-28(29,30)31)11-10-22(34-27(38)37-14-12-33-13-15-37)24(17)26-21-5-3-2-4-20(21)25(35-36-26)19-8-6-18(16-32)7-9-19;/h2-11,33H,12-15H2,1H3,(H,34,38);1H. The van der Waals surface area contributed by atoms with E-state index in [-0.39, 0.29) is 35.3 Å². The summed E-state index contributed by atoms with van der Waals surface area (Å²) in [6, 6.07) is 18.4. The number of aromatic nitrogens is 2. The molecule has 1 saturated heterocycles. The first-order chi connectivity index (χ1) is 18.7. The zero-order chi connectivity index (χ0) is 27.6. The third-order valence-corrected chi connectivity index (χ3v) is 6.50. The molecule has 0 radical (unpaired) electrons. The highest BCUT2D eigenvalue weighted by atomic mass is 35.5. The molecule has 0 atom stereocenters. The maximum absolute atomic E-state index is 13.2.